The average molecular weight is 363 g/mol. The molecule has 0 spiro atoms. The maximum Gasteiger partial charge on any atom is 0.162 e. The molecule has 5 heteroatoms. The van der Waals surface area contributed by atoms with E-state index in [4.69, 9.17) is 16.3 Å². The van der Waals surface area contributed by atoms with Crippen LogP contribution in [-0.2, 0) is 6.42 Å². The van der Waals surface area contributed by atoms with Crippen molar-refractivity contribution in [3.8, 4) is 5.75 Å². The van der Waals surface area contributed by atoms with Crippen molar-refractivity contribution < 1.29 is 20.0 Å². The molecule has 2 aromatic rings. The largest absolute Gasteiger partial charge is 0.491 e. The summed E-state index contributed by atoms with van der Waals surface area (Å²) in [5.74, 6) is 0.773. The summed E-state index contributed by atoms with van der Waals surface area (Å²) in [6, 6.07) is 14.8. The number of aliphatic hydroxyl groups excluding tert-OH is 1. The molecule has 0 aliphatic carbocycles. The van der Waals surface area contributed by atoms with Gasteiger partial charge >= 0.3 is 0 Å². The number of hydrogen-bond donors (Lipinski definition) is 2. The van der Waals surface area contributed by atoms with E-state index in [0.29, 0.717) is 24.3 Å². The number of aliphatic hydroxyl groups is 1. The number of ketones is 1. The Kier molecular flexibility index (Phi) is 7.92. The molecule has 0 fully saturated rings. The van der Waals surface area contributed by atoms with Crippen LogP contribution in [0.2, 0.25) is 5.02 Å². The molecule has 2 rings (SSSR count). The van der Waals surface area contributed by atoms with Crippen LogP contribution >= 0.6 is 11.6 Å². The summed E-state index contributed by atoms with van der Waals surface area (Å²) in [5.41, 5.74) is 1.92. The van der Waals surface area contributed by atoms with Crippen molar-refractivity contribution in [2.24, 2.45) is 0 Å². The van der Waals surface area contributed by atoms with E-state index in [0.717, 1.165) is 18.0 Å². The number of carbonyl (C=O) groups excluding carboxylic acids is 1. The lowest BCUT2D eigenvalue weighted by molar-refractivity contribution is -0.660. The molecule has 2 aromatic carbocycles. The maximum absolute atomic E-state index is 11.6. The number of carbonyl (C=O) groups is 1. The van der Waals surface area contributed by atoms with Gasteiger partial charge in [0.25, 0.3) is 0 Å². The fourth-order valence-electron chi connectivity index (χ4n) is 2.43. The number of ether oxygens (including phenoxy) is 1. The summed E-state index contributed by atoms with van der Waals surface area (Å²) in [7, 11) is 0. The molecule has 0 heterocycles. The zero-order chi connectivity index (χ0) is 18.1. The Balaban J connectivity index is 1.64. The molecule has 0 saturated heterocycles. The zero-order valence-electron chi connectivity index (χ0n) is 14.5. The van der Waals surface area contributed by atoms with Crippen LogP contribution in [0.25, 0.3) is 0 Å². The van der Waals surface area contributed by atoms with E-state index in [-0.39, 0.29) is 12.4 Å². The number of hydrogen-bond acceptors (Lipinski definition) is 3. The molecule has 0 aliphatic rings. The van der Waals surface area contributed by atoms with E-state index >= 15 is 0 Å². The minimum absolute atomic E-state index is 0.113. The van der Waals surface area contributed by atoms with Crippen LogP contribution in [0.15, 0.2) is 48.5 Å². The molecule has 1 atom stereocenters. The van der Waals surface area contributed by atoms with Crippen molar-refractivity contribution in [3.63, 3.8) is 0 Å². The topological polar surface area (TPSA) is 63.1 Å². The summed E-state index contributed by atoms with van der Waals surface area (Å²) in [6.45, 7) is 3.55. The van der Waals surface area contributed by atoms with Crippen LogP contribution in [0.1, 0.15) is 29.3 Å². The molecule has 0 bridgehead atoms. The van der Waals surface area contributed by atoms with E-state index in [1.54, 1.807) is 24.3 Å². The predicted octanol–water partition coefficient (Wildman–Crippen LogP) is 2.48. The Hall–Kier alpha value is -1.88. The maximum atomic E-state index is 11.6. The number of halogens is 1. The SMILES string of the molecule is CCC(=O)c1ccc(OC[C@H](O)C[NH2+]CCc2ccc(Cl)cc2)cc1. The predicted molar refractivity (Wildman–Crippen MR) is 99.4 cm³/mol. The van der Waals surface area contributed by atoms with Crippen LogP contribution in [0.5, 0.6) is 5.75 Å². The van der Waals surface area contributed by atoms with E-state index in [1.165, 1.54) is 5.56 Å². The van der Waals surface area contributed by atoms with E-state index in [2.05, 4.69) is 5.32 Å². The van der Waals surface area contributed by atoms with E-state index in [1.807, 2.05) is 31.2 Å². The Morgan fingerprint density at radius 1 is 1.16 bits per heavy atom. The third kappa shape index (κ3) is 6.86. The lowest BCUT2D eigenvalue weighted by Crippen LogP contribution is -2.87. The zero-order valence-corrected chi connectivity index (χ0v) is 15.2. The first-order valence-electron chi connectivity index (χ1n) is 8.58. The molecule has 134 valence electrons. The Bertz CT molecular complexity index is 656. The van der Waals surface area contributed by atoms with Crippen molar-refractivity contribution in [2.75, 3.05) is 19.7 Å². The number of Topliss-reactive ketones (excluding diaryl/α,β-unsaturated/α-hetero) is 1. The van der Waals surface area contributed by atoms with Crippen LogP contribution in [-0.4, -0.2) is 36.7 Å². The standard InChI is InChI=1S/C20H24ClNO3/c1-2-20(24)16-5-9-19(10-6-16)25-14-18(23)13-22-12-11-15-3-7-17(21)8-4-15/h3-10,18,22-23H,2,11-14H2,1H3/p+1/t18-/m1/s1. The highest BCUT2D eigenvalue weighted by molar-refractivity contribution is 6.30. The van der Waals surface area contributed by atoms with E-state index in [9.17, 15) is 9.90 Å². The van der Waals surface area contributed by atoms with Gasteiger partial charge in [0.05, 0.1) is 6.54 Å². The van der Waals surface area contributed by atoms with Gasteiger partial charge in [-0.25, -0.2) is 0 Å². The smallest absolute Gasteiger partial charge is 0.162 e. The molecule has 25 heavy (non-hydrogen) atoms. The highest BCUT2D eigenvalue weighted by atomic mass is 35.5. The summed E-state index contributed by atoms with van der Waals surface area (Å²) in [5, 5.41) is 12.8. The summed E-state index contributed by atoms with van der Waals surface area (Å²) in [6.07, 6.45) is 0.879. The normalized spacial score (nSPS) is 12.0. The second-order valence-corrected chi connectivity index (χ2v) is 6.39. The highest BCUT2D eigenvalue weighted by Gasteiger charge is 2.08. The van der Waals surface area contributed by atoms with Gasteiger partial charge in [0.2, 0.25) is 0 Å². The summed E-state index contributed by atoms with van der Waals surface area (Å²) < 4.78 is 5.57. The Morgan fingerprint density at radius 3 is 2.48 bits per heavy atom. The fourth-order valence-corrected chi connectivity index (χ4v) is 2.56. The minimum atomic E-state index is -0.540. The van der Waals surface area contributed by atoms with Gasteiger partial charge in [0, 0.05) is 23.4 Å². The second-order valence-electron chi connectivity index (χ2n) is 5.96. The summed E-state index contributed by atoms with van der Waals surface area (Å²) >= 11 is 5.86. The van der Waals surface area contributed by atoms with Crippen LogP contribution < -0.4 is 10.1 Å². The minimum Gasteiger partial charge on any atom is -0.491 e. The lowest BCUT2D eigenvalue weighted by Gasteiger charge is -2.12. The van der Waals surface area contributed by atoms with Gasteiger partial charge < -0.3 is 15.2 Å². The van der Waals surface area contributed by atoms with Crippen molar-refractivity contribution in [1.82, 2.24) is 0 Å². The number of nitrogens with two attached hydrogens (primary N) is 1. The first kappa shape index (κ1) is 19.4. The third-order valence-corrected chi connectivity index (χ3v) is 4.18. The summed E-state index contributed by atoms with van der Waals surface area (Å²) in [4.78, 5) is 11.6. The first-order chi connectivity index (χ1) is 12.1. The van der Waals surface area contributed by atoms with Gasteiger partial charge in [0.15, 0.2) is 5.78 Å². The third-order valence-electron chi connectivity index (χ3n) is 3.93. The molecule has 4 nitrogen and oxygen atoms in total. The van der Waals surface area contributed by atoms with Gasteiger partial charge in [-0.15, -0.1) is 0 Å². The average Bonchev–Trinajstić information content (AvgIpc) is 2.64. The second kappa shape index (κ2) is 10.2. The van der Waals surface area contributed by atoms with Crippen molar-refractivity contribution in [3.05, 3.63) is 64.7 Å². The van der Waals surface area contributed by atoms with Crippen molar-refractivity contribution in [2.45, 2.75) is 25.9 Å². The molecular weight excluding hydrogens is 338 g/mol. The number of quaternary nitrogens is 1. The van der Waals surface area contributed by atoms with Gasteiger partial charge in [-0.05, 0) is 42.0 Å². The van der Waals surface area contributed by atoms with Crippen molar-refractivity contribution >= 4 is 17.4 Å². The molecule has 0 unspecified atom stereocenters. The molecule has 0 aliphatic heterocycles. The van der Waals surface area contributed by atoms with Gasteiger partial charge in [-0.1, -0.05) is 30.7 Å². The van der Waals surface area contributed by atoms with Crippen molar-refractivity contribution in [1.29, 1.82) is 0 Å². The quantitative estimate of drug-likeness (QED) is 0.504. The molecule has 0 amide bonds. The molecule has 3 N–H and O–H groups in total. The van der Waals surface area contributed by atoms with E-state index < -0.39 is 6.10 Å². The molecule has 0 radical (unpaired) electrons. The number of rotatable bonds is 10. The lowest BCUT2D eigenvalue weighted by atomic mass is 10.1. The fraction of sp³-hybridized carbons (Fsp3) is 0.350. The molecule has 0 saturated carbocycles. The molecular formula is C20H25ClNO3+. The molecule has 0 aromatic heterocycles. The van der Waals surface area contributed by atoms with Crippen LogP contribution in [0.3, 0.4) is 0 Å². The Morgan fingerprint density at radius 2 is 1.84 bits per heavy atom. The van der Waals surface area contributed by atoms with Gasteiger partial charge in [-0.3, -0.25) is 4.79 Å². The Labute approximate surface area is 153 Å². The van der Waals surface area contributed by atoms with Crippen LogP contribution in [0.4, 0.5) is 0 Å². The highest BCUT2D eigenvalue weighted by Crippen LogP contribution is 2.13. The first-order valence-corrected chi connectivity index (χ1v) is 8.96. The van der Waals surface area contributed by atoms with Gasteiger partial charge in [-0.2, -0.15) is 0 Å². The van der Waals surface area contributed by atoms with Gasteiger partial charge in [0.1, 0.15) is 25.0 Å². The van der Waals surface area contributed by atoms with Crippen LogP contribution in [0, 0.1) is 0 Å². The monoisotopic (exact) mass is 362 g/mol. The number of benzene rings is 2.